The molecule has 92 valence electrons. The van der Waals surface area contributed by atoms with Gasteiger partial charge in [0.15, 0.2) is 0 Å². The van der Waals surface area contributed by atoms with E-state index >= 15 is 0 Å². The smallest absolute Gasteiger partial charge is 0.0409 e. The van der Waals surface area contributed by atoms with Crippen LogP contribution in [0.4, 0.5) is 0 Å². The fourth-order valence-corrected chi connectivity index (χ4v) is 3.55. The Balaban J connectivity index is 1.70. The first kappa shape index (κ1) is 11.5. The van der Waals surface area contributed by atoms with Gasteiger partial charge >= 0.3 is 0 Å². The van der Waals surface area contributed by atoms with Gasteiger partial charge in [-0.25, -0.2) is 0 Å². The maximum Gasteiger partial charge on any atom is 0.0409 e. The highest BCUT2D eigenvalue weighted by molar-refractivity contribution is 6.30. The average molecular weight is 251 g/mol. The molecule has 3 heteroatoms. The molecule has 17 heavy (non-hydrogen) atoms. The average Bonchev–Trinajstić information content (AvgIpc) is 2.84. The van der Waals surface area contributed by atoms with Gasteiger partial charge in [0.1, 0.15) is 0 Å². The Morgan fingerprint density at radius 3 is 3.06 bits per heavy atom. The predicted octanol–water partition coefficient (Wildman–Crippen LogP) is 2.38. The summed E-state index contributed by atoms with van der Waals surface area (Å²) in [7, 11) is 0. The molecule has 2 fully saturated rings. The van der Waals surface area contributed by atoms with Crippen molar-refractivity contribution >= 4 is 11.6 Å². The Labute approximate surface area is 108 Å². The summed E-state index contributed by atoms with van der Waals surface area (Å²) in [5.41, 5.74) is 1.33. The lowest BCUT2D eigenvalue weighted by Crippen LogP contribution is -2.32. The number of benzene rings is 1. The van der Waals surface area contributed by atoms with Crippen LogP contribution in [0.3, 0.4) is 0 Å². The molecule has 0 radical (unpaired) electrons. The van der Waals surface area contributed by atoms with Gasteiger partial charge in [0, 0.05) is 24.2 Å². The molecule has 1 N–H and O–H groups in total. The Bertz CT molecular complexity index is 407. The van der Waals surface area contributed by atoms with Crippen LogP contribution in [-0.2, 0) is 6.54 Å². The molecule has 1 aromatic rings. The van der Waals surface area contributed by atoms with Crippen molar-refractivity contribution in [3.05, 3.63) is 34.9 Å². The minimum absolute atomic E-state index is 0.689. The molecule has 2 heterocycles. The second-order valence-corrected chi connectivity index (χ2v) is 5.82. The highest BCUT2D eigenvalue weighted by Crippen LogP contribution is 2.33. The van der Waals surface area contributed by atoms with Gasteiger partial charge < -0.3 is 5.32 Å². The third-order valence-corrected chi connectivity index (χ3v) is 4.57. The predicted molar refractivity (Wildman–Crippen MR) is 71.2 cm³/mol. The van der Waals surface area contributed by atoms with Gasteiger partial charge in [-0.3, -0.25) is 4.90 Å². The second-order valence-electron chi connectivity index (χ2n) is 5.38. The van der Waals surface area contributed by atoms with Crippen LogP contribution in [0.15, 0.2) is 24.3 Å². The monoisotopic (exact) mass is 250 g/mol. The standard InChI is InChI=1S/C14H19ClN2/c1-10-14-7-16-6-12(14)9-17(10)8-11-3-2-4-13(15)5-11/h2-5,10,12,14,16H,6-9H2,1H3. The first-order chi connectivity index (χ1) is 8.24. The van der Waals surface area contributed by atoms with Crippen LogP contribution in [0.25, 0.3) is 0 Å². The maximum atomic E-state index is 6.03. The number of rotatable bonds is 2. The molecule has 3 rings (SSSR count). The molecule has 0 saturated carbocycles. The second kappa shape index (κ2) is 4.60. The van der Waals surface area contributed by atoms with Gasteiger partial charge in [0.05, 0.1) is 0 Å². The van der Waals surface area contributed by atoms with Crippen LogP contribution in [0.5, 0.6) is 0 Å². The summed E-state index contributed by atoms with van der Waals surface area (Å²) >= 11 is 6.03. The lowest BCUT2D eigenvalue weighted by molar-refractivity contribution is 0.231. The van der Waals surface area contributed by atoms with Crippen molar-refractivity contribution < 1.29 is 0 Å². The van der Waals surface area contributed by atoms with E-state index in [2.05, 4.69) is 29.3 Å². The first-order valence-electron chi connectivity index (χ1n) is 6.43. The molecule has 2 saturated heterocycles. The van der Waals surface area contributed by atoms with Crippen molar-refractivity contribution in [2.75, 3.05) is 19.6 Å². The molecule has 1 aromatic carbocycles. The molecule has 0 spiro atoms. The molecular formula is C14H19ClN2. The van der Waals surface area contributed by atoms with Crippen molar-refractivity contribution in [2.24, 2.45) is 11.8 Å². The van der Waals surface area contributed by atoms with Crippen molar-refractivity contribution in [3.63, 3.8) is 0 Å². The van der Waals surface area contributed by atoms with Gasteiger partial charge in [-0.05, 0) is 49.5 Å². The van der Waals surface area contributed by atoms with Gasteiger partial charge in [-0.1, -0.05) is 23.7 Å². The number of nitrogens with zero attached hydrogens (tertiary/aromatic N) is 1. The van der Waals surface area contributed by atoms with Crippen LogP contribution in [0.2, 0.25) is 5.02 Å². The van der Waals surface area contributed by atoms with E-state index in [0.29, 0.717) is 6.04 Å². The van der Waals surface area contributed by atoms with Gasteiger partial charge in [0.2, 0.25) is 0 Å². The van der Waals surface area contributed by atoms with E-state index in [-0.39, 0.29) is 0 Å². The summed E-state index contributed by atoms with van der Waals surface area (Å²) < 4.78 is 0. The van der Waals surface area contributed by atoms with E-state index in [9.17, 15) is 0 Å². The van der Waals surface area contributed by atoms with Crippen LogP contribution in [-0.4, -0.2) is 30.6 Å². The van der Waals surface area contributed by atoms with Crippen LogP contribution < -0.4 is 5.32 Å². The van der Waals surface area contributed by atoms with Gasteiger partial charge in [-0.2, -0.15) is 0 Å². The van der Waals surface area contributed by atoms with Crippen molar-refractivity contribution in [2.45, 2.75) is 19.5 Å². The topological polar surface area (TPSA) is 15.3 Å². The molecule has 0 bridgehead atoms. The van der Waals surface area contributed by atoms with Gasteiger partial charge in [-0.15, -0.1) is 0 Å². The van der Waals surface area contributed by atoms with Crippen LogP contribution >= 0.6 is 11.6 Å². The fraction of sp³-hybridized carbons (Fsp3) is 0.571. The first-order valence-corrected chi connectivity index (χ1v) is 6.81. The number of hydrogen-bond donors (Lipinski definition) is 1. The lowest BCUT2D eigenvalue weighted by atomic mass is 9.95. The van der Waals surface area contributed by atoms with Crippen LogP contribution in [0.1, 0.15) is 12.5 Å². The number of fused-ring (bicyclic) bond motifs is 1. The summed E-state index contributed by atoms with van der Waals surface area (Å²) in [6.07, 6.45) is 0. The quantitative estimate of drug-likeness (QED) is 0.867. The molecule has 2 aliphatic rings. The molecule has 3 atom stereocenters. The van der Waals surface area contributed by atoms with E-state index in [0.717, 1.165) is 23.4 Å². The van der Waals surface area contributed by atoms with Gasteiger partial charge in [0.25, 0.3) is 0 Å². The number of hydrogen-bond acceptors (Lipinski definition) is 2. The fourth-order valence-electron chi connectivity index (χ4n) is 3.33. The lowest BCUT2D eigenvalue weighted by Gasteiger charge is -2.24. The molecule has 2 aliphatic heterocycles. The van der Waals surface area contributed by atoms with E-state index < -0.39 is 0 Å². The SMILES string of the molecule is CC1C2CNCC2CN1Cc1cccc(Cl)c1. The Hall–Kier alpha value is -0.570. The van der Waals surface area contributed by atoms with Crippen LogP contribution in [0, 0.1) is 11.8 Å². The van der Waals surface area contributed by atoms with Crippen molar-refractivity contribution in [3.8, 4) is 0 Å². The molecule has 0 aromatic heterocycles. The summed E-state index contributed by atoms with van der Waals surface area (Å²) in [4.78, 5) is 2.60. The minimum atomic E-state index is 0.689. The largest absolute Gasteiger partial charge is 0.316 e. The number of likely N-dealkylation sites (tertiary alicyclic amines) is 1. The van der Waals surface area contributed by atoms with E-state index in [1.54, 1.807) is 0 Å². The Kier molecular flexibility index (Phi) is 3.12. The zero-order valence-corrected chi connectivity index (χ0v) is 11.0. The highest BCUT2D eigenvalue weighted by atomic mass is 35.5. The Morgan fingerprint density at radius 2 is 2.29 bits per heavy atom. The maximum absolute atomic E-state index is 6.03. The molecule has 0 aliphatic carbocycles. The summed E-state index contributed by atoms with van der Waals surface area (Å²) in [6.45, 7) is 7.02. The molecule has 2 nitrogen and oxygen atoms in total. The Morgan fingerprint density at radius 1 is 1.41 bits per heavy atom. The summed E-state index contributed by atoms with van der Waals surface area (Å²) in [5, 5.41) is 4.34. The van der Waals surface area contributed by atoms with Crippen molar-refractivity contribution in [1.29, 1.82) is 0 Å². The third-order valence-electron chi connectivity index (χ3n) is 4.33. The molecule has 3 unspecified atom stereocenters. The zero-order chi connectivity index (χ0) is 11.8. The summed E-state index contributed by atoms with van der Waals surface area (Å²) in [6, 6.07) is 8.93. The molecular weight excluding hydrogens is 232 g/mol. The normalized spacial score (nSPS) is 32.9. The zero-order valence-electron chi connectivity index (χ0n) is 10.2. The number of nitrogens with one attached hydrogen (secondary N) is 1. The van der Waals surface area contributed by atoms with E-state index in [4.69, 9.17) is 11.6 Å². The highest BCUT2D eigenvalue weighted by Gasteiger charge is 2.41. The molecule has 0 amide bonds. The van der Waals surface area contributed by atoms with E-state index in [1.807, 2.05) is 12.1 Å². The summed E-state index contributed by atoms with van der Waals surface area (Å²) in [5.74, 6) is 1.69. The number of halogens is 1. The minimum Gasteiger partial charge on any atom is -0.316 e. The third kappa shape index (κ3) is 2.22. The van der Waals surface area contributed by atoms with E-state index in [1.165, 1.54) is 25.2 Å². The van der Waals surface area contributed by atoms with Crippen molar-refractivity contribution in [1.82, 2.24) is 10.2 Å².